The summed E-state index contributed by atoms with van der Waals surface area (Å²) in [5.74, 6) is 0.147. The highest BCUT2D eigenvalue weighted by molar-refractivity contribution is 5.98. The lowest BCUT2D eigenvalue weighted by Crippen LogP contribution is -2.39. The molecular formula is C18H25ClN2O2. The minimum absolute atomic E-state index is 0. The van der Waals surface area contributed by atoms with Crippen molar-refractivity contribution < 1.29 is 9.59 Å². The zero-order valence-electron chi connectivity index (χ0n) is 13.4. The molecule has 0 radical (unpaired) electrons. The van der Waals surface area contributed by atoms with Crippen LogP contribution in [-0.4, -0.2) is 35.7 Å². The number of rotatable bonds is 5. The van der Waals surface area contributed by atoms with Gasteiger partial charge in [-0.3, -0.25) is 9.59 Å². The fourth-order valence-corrected chi connectivity index (χ4v) is 3.66. The van der Waals surface area contributed by atoms with Crippen molar-refractivity contribution in [2.75, 3.05) is 13.1 Å². The Morgan fingerprint density at radius 3 is 2.70 bits per heavy atom. The molecule has 1 aliphatic heterocycles. The van der Waals surface area contributed by atoms with E-state index in [0.717, 1.165) is 37.8 Å². The second-order valence-corrected chi connectivity index (χ2v) is 6.38. The van der Waals surface area contributed by atoms with Gasteiger partial charge in [-0.25, -0.2) is 0 Å². The van der Waals surface area contributed by atoms with Crippen molar-refractivity contribution in [2.45, 2.75) is 51.0 Å². The number of carbonyl (C=O) groups is 2. The van der Waals surface area contributed by atoms with Crippen LogP contribution in [0.3, 0.4) is 0 Å². The lowest BCUT2D eigenvalue weighted by atomic mass is 10.0. The van der Waals surface area contributed by atoms with Crippen LogP contribution < -0.4 is 5.73 Å². The highest BCUT2D eigenvalue weighted by Gasteiger charge is 2.27. The number of hydrogen-bond donors (Lipinski definition) is 1. The van der Waals surface area contributed by atoms with Gasteiger partial charge in [0.05, 0.1) is 0 Å². The molecule has 1 aliphatic carbocycles. The molecule has 2 aliphatic rings. The first-order valence-corrected chi connectivity index (χ1v) is 8.33. The van der Waals surface area contributed by atoms with Crippen LogP contribution in [0.15, 0.2) is 18.2 Å². The summed E-state index contributed by atoms with van der Waals surface area (Å²) in [6, 6.07) is 6.17. The molecule has 1 aromatic rings. The van der Waals surface area contributed by atoms with Crippen molar-refractivity contribution in [3.8, 4) is 0 Å². The number of carbonyl (C=O) groups excluding carboxylic acids is 2. The molecule has 3 rings (SSSR count). The Hall–Kier alpha value is -1.39. The molecule has 1 saturated heterocycles. The molecule has 23 heavy (non-hydrogen) atoms. The lowest BCUT2D eigenvalue weighted by molar-refractivity contribution is -0.131. The van der Waals surface area contributed by atoms with Crippen molar-refractivity contribution in [3.05, 3.63) is 34.9 Å². The molecule has 0 saturated carbocycles. The first-order chi connectivity index (χ1) is 10.7. The van der Waals surface area contributed by atoms with Crippen LogP contribution in [0.5, 0.6) is 0 Å². The van der Waals surface area contributed by atoms with Crippen LogP contribution in [-0.2, 0) is 17.6 Å². The summed E-state index contributed by atoms with van der Waals surface area (Å²) in [5.41, 5.74) is 9.13. The predicted molar refractivity (Wildman–Crippen MR) is 93.1 cm³/mol. The van der Waals surface area contributed by atoms with E-state index in [9.17, 15) is 9.59 Å². The van der Waals surface area contributed by atoms with Gasteiger partial charge in [-0.15, -0.1) is 12.4 Å². The van der Waals surface area contributed by atoms with Crippen LogP contribution in [0.4, 0.5) is 0 Å². The molecule has 0 aromatic heterocycles. The maximum absolute atomic E-state index is 12.3. The largest absolute Gasteiger partial charge is 0.338 e. The minimum atomic E-state index is 0. The average molecular weight is 337 g/mol. The van der Waals surface area contributed by atoms with E-state index >= 15 is 0 Å². The van der Waals surface area contributed by atoms with Crippen LogP contribution >= 0.6 is 12.4 Å². The molecule has 1 atom stereocenters. The van der Waals surface area contributed by atoms with Crippen molar-refractivity contribution in [3.63, 3.8) is 0 Å². The van der Waals surface area contributed by atoms with Gasteiger partial charge in [-0.1, -0.05) is 12.1 Å². The van der Waals surface area contributed by atoms with Crippen LogP contribution in [0.1, 0.15) is 53.6 Å². The first kappa shape index (κ1) is 18.0. The van der Waals surface area contributed by atoms with Gasteiger partial charge in [0.25, 0.3) is 0 Å². The third-order valence-corrected chi connectivity index (χ3v) is 4.96. The third-order valence-electron chi connectivity index (χ3n) is 4.96. The number of aryl methyl sites for hydroxylation is 2. The maximum atomic E-state index is 12.3. The van der Waals surface area contributed by atoms with Crippen molar-refractivity contribution in [1.29, 1.82) is 0 Å². The molecule has 1 aromatic carbocycles. The van der Waals surface area contributed by atoms with Gasteiger partial charge in [0.15, 0.2) is 5.78 Å². The van der Waals surface area contributed by atoms with E-state index in [1.807, 2.05) is 17.0 Å². The van der Waals surface area contributed by atoms with Gasteiger partial charge in [0.2, 0.25) is 5.91 Å². The molecule has 2 N–H and O–H groups in total. The summed E-state index contributed by atoms with van der Waals surface area (Å²) in [5, 5.41) is 0. The highest BCUT2D eigenvalue weighted by atomic mass is 35.5. The van der Waals surface area contributed by atoms with E-state index in [4.69, 9.17) is 5.73 Å². The number of amides is 1. The monoisotopic (exact) mass is 336 g/mol. The zero-order valence-corrected chi connectivity index (χ0v) is 14.2. The second kappa shape index (κ2) is 7.93. The Kier molecular flexibility index (Phi) is 6.19. The number of Topliss-reactive ketones (excluding diaryl/α,β-unsaturated/α-hetero) is 1. The number of hydrogen-bond acceptors (Lipinski definition) is 3. The predicted octanol–water partition coefficient (Wildman–Crippen LogP) is 2.51. The normalized spacial score (nSPS) is 19.3. The van der Waals surface area contributed by atoms with Crippen LogP contribution in [0.25, 0.3) is 0 Å². The topological polar surface area (TPSA) is 63.4 Å². The Labute approximate surface area is 143 Å². The van der Waals surface area contributed by atoms with Gasteiger partial charge < -0.3 is 10.6 Å². The Morgan fingerprint density at radius 1 is 1.13 bits per heavy atom. The summed E-state index contributed by atoms with van der Waals surface area (Å²) in [6.45, 7) is 1.30. The smallest absolute Gasteiger partial charge is 0.223 e. The summed E-state index contributed by atoms with van der Waals surface area (Å²) in [4.78, 5) is 26.4. The number of likely N-dealkylation sites (tertiary alicyclic amines) is 1. The SMILES string of the molecule is Cl.NCC1CCCN1C(=O)CCC(=O)c1ccc2c(c1)CCC2. The second-order valence-electron chi connectivity index (χ2n) is 6.38. The van der Waals surface area contributed by atoms with Crippen molar-refractivity contribution >= 4 is 24.1 Å². The van der Waals surface area contributed by atoms with E-state index in [0.29, 0.717) is 19.4 Å². The van der Waals surface area contributed by atoms with Gasteiger partial charge >= 0.3 is 0 Å². The zero-order chi connectivity index (χ0) is 15.5. The molecule has 1 amide bonds. The molecule has 5 heteroatoms. The third kappa shape index (κ3) is 3.93. The molecule has 0 spiro atoms. The molecular weight excluding hydrogens is 312 g/mol. The van der Waals surface area contributed by atoms with Crippen molar-refractivity contribution in [2.24, 2.45) is 5.73 Å². The van der Waals surface area contributed by atoms with E-state index in [2.05, 4.69) is 6.07 Å². The minimum Gasteiger partial charge on any atom is -0.338 e. The molecule has 0 bridgehead atoms. The van der Waals surface area contributed by atoms with E-state index in [-0.39, 0.29) is 30.1 Å². The first-order valence-electron chi connectivity index (χ1n) is 8.33. The number of nitrogens with zero attached hydrogens (tertiary/aromatic N) is 1. The fourth-order valence-electron chi connectivity index (χ4n) is 3.66. The standard InChI is InChI=1S/C18H24N2O2.ClH/c19-12-16-5-2-10-20(16)18(22)9-8-17(21)15-7-6-13-3-1-4-14(13)11-15;/h6-7,11,16H,1-5,8-10,12,19H2;1H. The van der Waals surface area contributed by atoms with Crippen molar-refractivity contribution in [1.82, 2.24) is 4.90 Å². The Morgan fingerprint density at radius 2 is 1.91 bits per heavy atom. The number of benzene rings is 1. The van der Waals surface area contributed by atoms with Crippen LogP contribution in [0.2, 0.25) is 0 Å². The maximum Gasteiger partial charge on any atom is 0.223 e. The molecule has 1 unspecified atom stereocenters. The Bertz CT molecular complexity index is 588. The van der Waals surface area contributed by atoms with Crippen LogP contribution in [0, 0.1) is 0 Å². The fraction of sp³-hybridized carbons (Fsp3) is 0.556. The van der Waals surface area contributed by atoms with Gasteiger partial charge in [0.1, 0.15) is 0 Å². The molecule has 4 nitrogen and oxygen atoms in total. The van der Waals surface area contributed by atoms with Gasteiger partial charge in [-0.05, 0) is 49.3 Å². The summed E-state index contributed by atoms with van der Waals surface area (Å²) in [7, 11) is 0. The van der Waals surface area contributed by atoms with Gasteiger partial charge in [0, 0.05) is 37.5 Å². The summed E-state index contributed by atoms with van der Waals surface area (Å²) in [6.07, 6.45) is 5.98. The summed E-state index contributed by atoms with van der Waals surface area (Å²) >= 11 is 0. The quantitative estimate of drug-likeness (QED) is 0.840. The Balaban J connectivity index is 0.00000192. The number of nitrogens with two attached hydrogens (primary N) is 1. The van der Waals surface area contributed by atoms with E-state index in [1.165, 1.54) is 17.5 Å². The average Bonchev–Trinajstić information content (AvgIpc) is 3.19. The van der Waals surface area contributed by atoms with Gasteiger partial charge in [-0.2, -0.15) is 0 Å². The lowest BCUT2D eigenvalue weighted by Gasteiger charge is -2.23. The number of ketones is 1. The number of fused-ring (bicyclic) bond motifs is 1. The molecule has 1 fully saturated rings. The van der Waals surface area contributed by atoms with E-state index < -0.39 is 0 Å². The number of halogens is 1. The summed E-state index contributed by atoms with van der Waals surface area (Å²) < 4.78 is 0. The molecule has 126 valence electrons. The van der Waals surface area contributed by atoms with E-state index in [1.54, 1.807) is 0 Å². The molecule has 1 heterocycles. The highest BCUT2D eigenvalue weighted by Crippen LogP contribution is 2.24.